The average Bonchev–Trinajstić information content (AvgIpc) is 2.26. The smallest absolute Gasteiger partial charge is 0.305 e. The lowest BCUT2D eigenvalue weighted by molar-refractivity contribution is -0.140. The number of carboxylic acid groups (broad SMARTS) is 1. The number of carbonyl (C=O) groups is 2. The maximum atomic E-state index is 11.8. The van der Waals surface area contributed by atoms with Gasteiger partial charge in [-0.05, 0) is 30.9 Å². The highest BCUT2D eigenvalue weighted by atomic mass is 32.2. The monoisotopic (exact) mass is 243 g/mol. The summed E-state index contributed by atoms with van der Waals surface area (Å²) in [4.78, 5) is 24.2. The minimum atomic E-state index is -0.835. The Kier molecular flexibility index (Phi) is 5.38. The Morgan fingerprint density at radius 3 is 2.88 bits per heavy atom. The fourth-order valence-corrected chi connectivity index (χ4v) is 2.18. The summed E-state index contributed by atoms with van der Waals surface area (Å²) in [7, 11) is 0. The number of hydrogen-bond donors (Lipinski definition) is 1. The molecule has 0 spiro atoms. The maximum Gasteiger partial charge on any atom is 0.305 e. The summed E-state index contributed by atoms with van der Waals surface area (Å²) in [5, 5.41) is 10.5. The molecule has 4 nitrogen and oxygen atoms in total. The van der Waals surface area contributed by atoms with Crippen molar-refractivity contribution < 1.29 is 14.7 Å². The SMILES string of the molecule is CS/C=C/C(=O)N1CCCCC1CC(=O)O. The zero-order chi connectivity index (χ0) is 12.0. The molecular formula is C11H17NO3S. The molecule has 1 fully saturated rings. The highest BCUT2D eigenvalue weighted by molar-refractivity contribution is 8.01. The second kappa shape index (κ2) is 6.58. The van der Waals surface area contributed by atoms with Gasteiger partial charge >= 0.3 is 5.97 Å². The van der Waals surface area contributed by atoms with Crippen LogP contribution in [0.5, 0.6) is 0 Å². The number of likely N-dealkylation sites (tertiary alicyclic amines) is 1. The van der Waals surface area contributed by atoms with E-state index < -0.39 is 5.97 Å². The van der Waals surface area contributed by atoms with E-state index in [4.69, 9.17) is 5.11 Å². The first-order chi connectivity index (χ1) is 7.65. The van der Waals surface area contributed by atoms with E-state index in [1.54, 1.807) is 10.3 Å². The third-order valence-corrected chi connectivity index (χ3v) is 3.08. The lowest BCUT2D eigenvalue weighted by atomic mass is 9.99. The van der Waals surface area contributed by atoms with Crippen molar-refractivity contribution in [3.63, 3.8) is 0 Å². The molecule has 0 aliphatic carbocycles. The van der Waals surface area contributed by atoms with Gasteiger partial charge in [-0.25, -0.2) is 0 Å². The van der Waals surface area contributed by atoms with Crippen LogP contribution in [0.1, 0.15) is 25.7 Å². The van der Waals surface area contributed by atoms with Crippen LogP contribution in [0.25, 0.3) is 0 Å². The fourth-order valence-electron chi connectivity index (χ4n) is 1.93. The standard InChI is InChI=1S/C11H17NO3S/c1-16-7-5-10(13)12-6-3-2-4-9(12)8-11(14)15/h5,7,9H,2-4,6,8H2,1H3,(H,14,15)/b7-5+. The third kappa shape index (κ3) is 3.89. The Labute approximate surface area is 99.7 Å². The predicted octanol–water partition coefficient (Wildman–Crippen LogP) is 1.72. The highest BCUT2D eigenvalue weighted by Crippen LogP contribution is 2.20. The number of carbonyl (C=O) groups excluding carboxylic acids is 1. The second-order valence-electron chi connectivity index (χ2n) is 3.82. The van der Waals surface area contributed by atoms with E-state index in [9.17, 15) is 9.59 Å². The van der Waals surface area contributed by atoms with Crippen LogP contribution in [0, 0.1) is 0 Å². The largest absolute Gasteiger partial charge is 0.481 e. The van der Waals surface area contributed by atoms with Crippen LogP contribution in [0.15, 0.2) is 11.5 Å². The quantitative estimate of drug-likeness (QED) is 0.764. The molecule has 1 N–H and O–H groups in total. The van der Waals surface area contributed by atoms with E-state index in [0.717, 1.165) is 19.3 Å². The molecule has 0 aromatic carbocycles. The van der Waals surface area contributed by atoms with Gasteiger partial charge in [-0.1, -0.05) is 0 Å². The Morgan fingerprint density at radius 2 is 2.25 bits per heavy atom. The number of aliphatic carboxylic acids is 1. The number of piperidine rings is 1. The van der Waals surface area contributed by atoms with Gasteiger partial charge in [0.05, 0.1) is 6.42 Å². The van der Waals surface area contributed by atoms with Gasteiger partial charge < -0.3 is 10.0 Å². The number of amides is 1. The van der Waals surface area contributed by atoms with Gasteiger partial charge in [0.1, 0.15) is 0 Å². The average molecular weight is 243 g/mol. The van der Waals surface area contributed by atoms with Crippen LogP contribution in [-0.4, -0.2) is 40.7 Å². The molecule has 1 aliphatic rings. The number of carboxylic acids is 1. The molecule has 1 aliphatic heterocycles. The maximum absolute atomic E-state index is 11.8. The summed E-state index contributed by atoms with van der Waals surface area (Å²) in [6, 6.07) is -0.134. The van der Waals surface area contributed by atoms with E-state index in [-0.39, 0.29) is 18.4 Å². The Morgan fingerprint density at radius 1 is 1.50 bits per heavy atom. The topological polar surface area (TPSA) is 57.6 Å². The Hall–Kier alpha value is -0.970. The molecule has 0 aromatic rings. The van der Waals surface area contributed by atoms with Crippen LogP contribution in [0.2, 0.25) is 0 Å². The first-order valence-corrected chi connectivity index (χ1v) is 6.65. The molecule has 0 bridgehead atoms. The van der Waals surface area contributed by atoms with Crippen LogP contribution >= 0.6 is 11.8 Å². The molecule has 1 atom stereocenters. The van der Waals surface area contributed by atoms with Crippen molar-refractivity contribution in [2.24, 2.45) is 0 Å². The van der Waals surface area contributed by atoms with Crippen molar-refractivity contribution in [3.05, 3.63) is 11.5 Å². The van der Waals surface area contributed by atoms with Crippen molar-refractivity contribution in [2.75, 3.05) is 12.8 Å². The van der Waals surface area contributed by atoms with Crippen molar-refractivity contribution in [3.8, 4) is 0 Å². The molecule has 5 heteroatoms. The van der Waals surface area contributed by atoms with Crippen LogP contribution < -0.4 is 0 Å². The molecule has 16 heavy (non-hydrogen) atoms. The van der Waals surface area contributed by atoms with Gasteiger partial charge in [-0.3, -0.25) is 9.59 Å². The lowest BCUT2D eigenvalue weighted by Gasteiger charge is -2.34. The minimum absolute atomic E-state index is 0.0544. The second-order valence-corrected chi connectivity index (χ2v) is 4.56. The molecule has 0 saturated carbocycles. The van der Waals surface area contributed by atoms with E-state index in [1.807, 2.05) is 6.26 Å². The number of nitrogens with zero attached hydrogens (tertiary/aromatic N) is 1. The summed E-state index contributed by atoms with van der Waals surface area (Å²) in [5.41, 5.74) is 0. The van der Waals surface area contributed by atoms with Gasteiger partial charge in [0.15, 0.2) is 0 Å². The van der Waals surface area contributed by atoms with Crippen molar-refractivity contribution in [1.82, 2.24) is 4.90 Å². The zero-order valence-corrected chi connectivity index (χ0v) is 10.2. The number of rotatable bonds is 4. The third-order valence-electron chi connectivity index (χ3n) is 2.67. The number of thioether (sulfide) groups is 1. The van der Waals surface area contributed by atoms with E-state index in [2.05, 4.69) is 0 Å². The zero-order valence-electron chi connectivity index (χ0n) is 9.39. The molecule has 90 valence electrons. The van der Waals surface area contributed by atoms with Crippen molar-refractivity contribution in [2.45, 2.75) is 31.7 Å². The highest BCUT2D eigenvalue weighted by Gasteiger charge is 2.26. The fraction of sp³-hybridized carbons (Fsp3) is 0.636. The van der Waals surface area contributed by atoms with Gasteiger partial charge in [0.2, 0.25) is 5.91 Å². The first-order valence-electron chi connectivity index (χ1n) is 5.37. The Balaban J connectivity index is 2.62. The van der Waals surface area contributed by atoms with Crippen LogP contribution in [0.3, 0.4) is 0 Å². The van der Waals surface area contributed by atoms with E-state index in [1.165, 1.54) is 17.8 Å². The normalized spacial score (nSPS) is 21.3. The molecule has 1 rings (SSSR count). The van der Waals surface area contributed by atoms with Crippen LogP contribution in [0.4, 0.5) is 0 Å². The van der Waals surface area contributed by atoms with Crippen molar-refractivity contribution in [1.29, 1.82) is 0 Å². The predicted molar refractivity (Wildman–Crippen MR) is 64.3 cm³/mol. The summed E-state index contributed by atoms with van der Waals surface area (Å²) >= 11 is 1.46. The molecule has 1 heterocycles. The Bertz CT molecular complexity index is 291. The van der Waals surface area contributed by atoms with Gasteiger partial charge in [-0.2, -0.15) is 0 Å². The summed E-state index contributed by atoms with van der Waals surface area (Å²) in [6.07, 6.45) is 6.23. The van der Waals surface area contributed by atoms with E-state index in [0.29, 0.717) is 6.54 Å². The summed E-state index contributed by atoms with van der Waals surface area (Å²) in [6.45, 7) is 0.676. The number of hydrogen-bond acceptors (Lipinski definition) is 3. The van der Waals surface area contributed by atoms with Gasteiger partial charge in [-0.15, -0.1) is 11.8 Å². The first kappa shape index (κ1) is 13.1. The van der Waals surface area contributed by atoms with Crippen LogP contribution in [-0.2, 0) is 9.59 Å². The van der Waals surface area contributed by atoms with E-state index >= 15 is 0 Å². The molecule has 1 unspecified atom stereocenters. The minimum Gasteiger partial charge on any atom is -0.481 e. The molecule has 1 saturated heterocycles. The molecular weight excluding hydrogens is 226 g/mol. The lowest BCUT2D eigenvalue weighted by Crippen LogP contribution is -2.44. The molecule has 0 radical (unpaired) electrons. The van der Waals surface area contributed by atoms with Gasteiger partial charge in [0, 0.05) is 18.7 Å². The molecule has 1 amide bonds. The van der Waals surface area contributed by atoms with Crippen molar-refractivity contribution >= 4 is 23.6 Å². The molecule has 0 aromatic heterocycles. The van der Waals surface area contributed by atoms with Gasteiger partial charge in [0.25, 0.3) is 0 Å². The summed E-state index contributed by atoms with van der Waals surface area (Å²) in [5.74, 6) is -0.904. The summed E-state index contributed by atoms with van der Waals surface area (Å²) < 4.78 is 0.